The third kappa shape index (κ3) is 3.57. The first-order chi connectivity index (χ1) is 14.7. The van der Waals surface area contributed by atoms with Crippen LogP contribution in [0.25, 0.3) is 10.2 Å². The predicted octanol–water partition coefficient (Wildman–Crippen LogP) is 4.20. The molecule has 1 aliphatic heterocycles. The quantitative estimate of drug-likeness (QED) is 0.494. The largest absolute Gasteiger partial charge is 0.485 e. The van der Waals surface area contributed by atoms with Gasteiger partial charge < -0.3 is 9.47 Å². The van der Waals surface area contributed by atoms with Gasteiger partial charge in [0.05, 0.1) is 22.5 Å². The summed E-state index contributed by atoms with van der Waals surface area (Å²) in [6, 6.07) is 17.1. The summed E-state index contributed by atoms with van der Waals surface area (Å²) in [4.78, 5) is 23.8. The Morgan fingerprint density at radius 2 is 1.97 bits per heavy atom. The Morgan fingerprint density at radius 3 is 2.80 bits per heavy atom. The molecule has 1 atom stereocenters. The van der Waals surface area contributed by atoms with E-state index < -0.39 is 6.10 Å². The topological polar surface area (TPSA) is 64.6 Å². The Bertz CT molecular complexity index is 1210. The van der Waals surface area contributed by atoms with Gasteiger partial charge in [-0.25, -0.2) is 9.37 Å². The van der Waals surface area contributed by atoms with Crippen LogP contribution in [0, 0.1) is 5.82 Å². The minimum Gasteiger partial charge on any atom is -0.485 e. The molecule has 0 saturated carbocycles. The molecular formula is C22H16FN3O3S. The second kappa shape index (κ2) is 7.72. The van der Waals surface area contributed by atoms with Crippen LogP contribution in [-0.4, -0.2) is 28.6 Å². The standard InChI is InChI=1S/C22H16FN3O3S/c23-14-8-9-16-20(11-14)30-22(25-16)26(12-15-5-3-4-10-24-15)21(27)19-13-28-17-6-1-2-7-18(17)29-19/h1-11,19H,12-13H2/t19-/m1/s1. The average Bonchev–Trinajstić information content (AvgIpc) is 3.20. The molecule has 3 heterocycles. The molecule has 5 rings (SSSR count). The molecule has 0 aliphatic carbocycles. The molecule has 2 aromatic carbocycles. The number of fused-ring (bicyclic) bond motifs is 2. The van der Waals surface area contributed by atoms with Gasteiger partial charge in [-0.05, 0) is 42.5 Å². The van der Waals surface area contributed by atoms with Crippen molar-refractivity contribution in [2.75, 3.05) is 11.5 Å². The Labute approximate surface area is 175 Å². The van der Waals surface area contributed by atoms with Gasteiger partial charge in [-0.15, -0.1) is 0 Å². The molecule has 1 aliphatic rings. The number of para-hydroxylation sites is 2. The van der Waals surface area contributed by atoms with E-state index in [-0.39, 0.29) is 24.9 Å². The van der Waals surface area contributed by atoms with Gasteiger partial charge in [0.1, 0.15) is 12.4 Å². The molecule has 1 amide bonds. The Balaban J connectivity index is 1.49. The minimum atomic E-state index is -0.827. The lowest BCUT2D eigenvalue weighted by molar-refractivity contribution is -0.127. The average molecular weight is 421 g/mol. The lowest BCUT2D eigenvalue weighted by atomic mass is 10.2. The third-order valence-electron chi connectivity index (χ3n) is 4.67. The number of benzene rings is 2. The molecule has 0 spiro atoms. The number of nitrogens with zero attached hydrogens (tertiary/aromatic N) is 3. The minimum absolute atomic E-state index is 0.0914. The SMILES string of the molecule is O=C([C@H]1COc2ccccc2O1)N(Cc1ccccn1)c1nc2ccc(F)cc2s1. The number of aromatic nitrogens is 2. The first-order valence-electron chi connectivity index (χ1n) is 9.33. The number of amides is 1. The van der Waals surface area contributed by atoms with Crippen LogP contribution < -0.4 is 14.4 Å². The van der Waals surface area contributed by atoms with Crippen LogP contribution in [0.1, 0.15) is 5.69 Å². The van der Waals surface area contributed by atoms with Crippen molar-refractivity contribution in [3.05, 3.63) is 78.4 Å². The Morgan fingerprint density at radius 1 is 1.13 bits per heavy atom. The van der Waals surface area contributed by atoms with Crippen molar-refractivity contribution in [1.29, 1.82) is 0 Å². The second-order valence-electron chi connectivity index (χ2n) is 6.72. The van der Waals surface area contributed by atoms with E-state index in [1.165, 1.54) is 28.4 Å². The highest BCUT2D eigenvalue weighted by Crippen LogP contribution is 2.34. The van der Waals surface area contributed by atoms with Gasteiger partial charge >= 0.3 is 0 Å². The molecule has 8 heteroatoms. The number of thiazole rings is 1. The maximum atomic E-state index is 13.6. The fourth-order valence-corrected chi connectivity index (χ4v) is 4.21. The van der Waals surface area contributed by atoms with E-state index in [4.69, 9.17) is 9.47 Å². The fourth-order valence-electron chi connectivity index (χ4n) is 3.21. The molecule has 150 valence electrons. The zero-order valence-electron chi connectivity index (χ0n) is 15.7. The van der Waals surface area contributed by atoms with Crippen LogP contribution in [0.5, 0.6) is 11.5 Å². The zero-order valence-corrected chi connectivity index (χ0v) is 16.5. The Kier molecular flexibility index (Phi) is 4.76. The number of carbonyl (C=O) groups is 1. The smallest absolute Gasteiger partial charge is 0.273 e. The number of ether oxygens (including phenoxy) is 2. The second-order valence-corrected chi connectivity index (χ2v) is 7.73. The maximum Gasteiger partial charge on any atom is 0.273 e. The highest BCUT2D eigenvalue weighted by Gasteiger charge is 2.33. The highest BCUT2D eigenvalue weighted by molar-refractivity contribution is 7.22. The number of halogens is 1. The van der Waals surface area contributed by atoms with Crippen molar-refractivity contribution in [2.45, 2.75) is 12.6 Å². The van der Waals surface area contributed by atoms with Crippen molar-refractivity contribution < 1.29 is 18.7 Å². The summed E-state index contributed by atoms with van der Waals surface area (Å²) in [5.74, 6) is 0.482. The molecule has 30 heavy (non-hydrogen) atoms. The zero-order chi connectivity index (χ0) is 20.5. The van der Waals surface area contributed by atoms with Gasteiger partial charge in [-0.2, -0.15) is 0 Å². The summed E-state index contributed by atoms with van der Waals surface area (Å²) < 4.78 is 25.9. The van der Waals surface area contributed by atoms with Gasteiger partial charge in [0.2, 0.25) is 6.10 Å². The molecule has 4 aromatic rings. The van der Waals surface area contributed by atoms with Crippen LogP contribution in [0.4, 0.5) is 9.52 Å². The van der Waals surface area contributed by atoms with E-state index in [2.05, 4.69) is 9.97 Å². The van der Waals surface area contributed by atoms with E-state index >= 15 is 0 Å². The molecule has 0 N–H and O–H groups in total. The first kappa shape index (κ1) is 18.5. The molecule has 2 aromatic heterocycles. The molecule has 0 unspecified atom stereocenters. The molecule has 0 fully saturated rings. The molecule has 6 nitrogen and oxygen atoms in total. The fraction of sp³-hybridized carbons (Fsp3) is 0.136. The number of pyridine rings is 1. The highest BCUT2D eigenvalue weighted by atomic mass is 32.1. The molecular weight excluding hydrogens is 405 g/mol. The summed E-state index contributed by atoms with van der Waals surface area (Å²) in [6.45, 7) is 0.303. The molecule has 0 bridgehead atoms. The maximum absolute atomic E-state index is 13.6. The van der Waals surface area contributed by atoms with Gasteiger partial charge in [0.25, 0.3) is 5.91 Å². The van der Waals surface area contributed by atoms with E-state index in [0.29, 0.717) is 32.5 Å². The number of hydrogen-bond donors (Lipinski definition) is 0. The summed E-state index contributed by atoms with van der Waals surface area (Å²) in [6.07, 6.45) is 0.842. The van der Waals surface area contributed by atoms with Crippen LogP contribution in [0.15, 0.2) is 66.9 Å². The van der Waals surface area contributed by atoms with Crippen LogP contribution in [0.3, 0.4) is 0 Å². The van der Waals surface area contributed by atoms with Crippen molar-refractivity contribution >= 4 is 32.6 Å². The summed E-state index contributed by atoms with van der Waals surface area (Å²) in [7, 11) is 0. The van der Waals surface area contributed by atoms with E-state index in [1.807, 2.05) is 30.3 Å². The molecule has 0 saturated heterocycles. The van der Waals surface area contributed by atoms with Crippen molar-refractivity contribution in [2.24, 2.45) is 0 Å². The monoisotopic (exact) mass is 421 g/mol. The number of rotatable bonds is 4. The number of anilines is 1. The number of carbonyl (C=O) groups excluding carboxylic acids is 1. The van der Waals surface area contributed by atoms with Crippen molar-refractivity contribution in [3.8, 4) is 11.5 Å². The number of hydrogen-bond acceptors (Lipinski definition) is 6. The first-order valence-corrected chi connectivity index (χ1v) is 10.1. The van der Waals surface area contributed by atoms with Gasteiger partial charge in [-0.1, -0.05) is 29.5 Å². The van der Waals surface area contributed by atoms with E-state index in [1.54, 1.807) is 24.4 Å². The summed E-state index contributed by atoms with van der Waals surface area (Å²) >= 11 is 1.25. The van der Waals surface area contributed by atoms with Crippen molar-refractivity contribution in [3.63, 3.8) is 0 Å². The predicted molar refractivity (Wildman–Crippen MR) is 111 cm³/mol. The van der Waals surface area contributed by atoms with Gasteiger partial charge in [-0.3, -0.25) is 14.7 Å². The van der Waals surface area contributed by atoms with E-state index in [9.17, 15) is 9.18 Å². The van der Waals surface area contributed by atoms with E-state index in [0.717, 1.165) is 0 Å². The van der Waals surface area contributed by atoms with Crippen LogP contribution in [-0.2, 0) is 11.3 Å². The van der Waals surface area contributed by atoms with Crippen LogP contribution >= 0.6 is 11.3 Å². The van der Waals surface area contributed by atoms with Crippen LogP contribution in [0.2, 0.25) is 0 Å². The summed E-state index contributed by atoms with van der Waals surface area (Å²) in [5.41, 5.74) is 1.33. The van der Waals surface area contributed by atoms with Crippen molar-refractivity contribution in [1.82, 2.24) is 9.97 Å². The van der Waals surface area contributed by atoms with Gasteiger partial charge in [0.15, 0.2) is 16.6 Å². The Hall–Kier alpha value is -3.52. The molecule has 0 radical (unpaired) electrons. The summed E-state index contributed by atoms with van der Waals surface area (Å²) in [5, 5.41) is 0.453. The lowest BCUT2D eigenvalue weighted by Crippen LogP contribution is -2.46. The third-order valence-corrected chi connectivity index (χ3v) is 5.71. The van der Waals surface area contributed by atoms with Gasteiger partial charge in [0, 0.05) is 6.20 Å². The lowest BCUT2D eigenvalue weighted by Gasteiger charge is -2.29. The normalized spacial score (nSPS) is 15.2.